The number of amides is 3. The summed E-state index contributed by atoms with van der Waals surface area (Å²) in [5.41, 5.74) is 6.54. The van der Waals surface area contributed by atoms with Crippen molar-refractivity contribution in [2.45, 2.75) is 44.8 Å². The molecule has 3 atom stereocenters. The maximum absolute atomic E-state index is 12.6. The average Bonchev–Trinajstić information content (AvgIpc) is 3.15. The lowest BCUT2D eigenvalue weighted by Crippen LogP contribution is -2.57. The molecule has 29 heavy (non-hydrogen) atoms. The lowest BCUT2D eigenvalue weighted by atomic mass is 10.0. The van der Waals surface area contributed by atoms with E-state index in [4.69, 9.17) is 10.8 Å². The van der Waals surface area contributed by atoms with Crippen molar-refractivity contribution in [2.75, 3.05) is 13.2 Å². The molecule has 0 aliphatic carbocycles. The number of aliphatic hydroxyl groups excluding tert-OH is 1. The summed E-state index contributed by atoms with van der Waals surface area (Å²) >= 11 is 0. The molecule has 1 rings (SSSR count). The Morgan fingerprint density at radius 2 is 1.79 bits per heavy atom. The van der Waals surface area contributed by atoms with Gasteiger partial charge in [-0.25, -0.2) is 4.98 Å². The summed E-state index contributed by atoms with van der Waals surface area (Å²) in [5.74, 6) is -3.34. The van der Waals surface area contributed by atoms with Crippen LogP contribution in [0.25, 0.3) is 0 Å². The Morgan fingerprint density at radius 3 is 2.31 bits per heavy atom. The van der Waals surface area contributed by atoms with E-state index in [1.54, 1.807) is 0 Å². The fraction of sp³-hybridized carbons (Fsp3) is 0.588. The van der Waals surface area contributed by atoms with Gasteiger partial charge < -0.3 is 36.9 Å². The van der Waals surface area contributed by atoms with Gasteiger partial charge in [0.25, 0.3) is 0 Å². The topological polar surface area (TPSA) is 200 Å². The summed E-state index contributed by atoms with van der Waals surface area (Å²) in [4.78, 5) is 54.1. The summed E-state index contributed by atoms with van der Waals surface area (Å²) in [6, 6.07) is -3.27. The van der Waals surface area contributed by atoms with E-state index in [1.807, 2.05) is 13.8 Å². The first-order valence-electron chi connectivity index (χ1n) is 9.08. The van der Waals surface area contributed by atoms with Crippen molar-refractivity contribution in [3.63, 3.8) is 0 Å². The Labute approximate surface area is 167 Å². The Hall–Kier alpha value is -2.99. The largest absolute Gasteiger partial charge is 0.480 e. The van der Waals surface area contributed by atoms with Crippen LogP contribution in [-0.2, 0) is 25.6 Å². The molecule has 0 fully saturated rings. The van der Waals surface area contributed by atoms with Crippen LogP contribution in [0, 0.1) is 5.92 Å². The number of nitrogens with two attached hydrogens (primary N) is 1. The number of carboxylic acids is 1. The first-order valence-corrected chi connectivity index (χ1v) is 9.08. The van der Waals surface area contributed by atoms with Crippen LogP contribution in [-0.4, -0.2) is 75.1 Å². The molecule has 0 bridgehead atoms. The highest BCUT2D eigenvalue weighted by Crippen LogP contribution is 2.06. The normalized spacial score (nSPS) is 14.0. The van der Waals surface area contributed by atoms with Crippen LogP contribution < -0.4 is 21.7 Å². The molecule has 1 aromatic heterocycles. The van der Waals surface area contributed by atoms with Gasteiger partial charge in [0.05, 0.1) is 19.0 Å². The molecule has 0 unspecified atom stereocenters. The zero-order chi connectivity index (χ0) is 22.0. The van der Waals surface area contributed by atoms with Crippen LogP contribution in [0.15, 0.2) is 12.5 Å². The molecule has 12 nitrogen and oxygen atoms in total. The molecule has 0 aliphatic heterocycles. The maximum atomic E-state index is 12.6. The van der Waals surface area contributed by atoms with Crippen molar-refractivity contribution in [3.8, 4) is 0 Å². The fourth-order valence-electron chi connectivity index (χ4n) is 2.46. The van der Waals surface area contributed by atoms with Crippen LogP contribution in [0.2, 0.25) is 0 Å². The third-order valence-corrected chi connectivity index (χ3v) is 3.90. The zero-order valence-corrected chi connectivity index (χ0v) is 16.3. The van der Waals surface area contributed by atoms with Gasteiger partial charge in [-0.3, -0.25) is 19.2 Å². The second-order valence-corrected chi connectivity index (χ2v) is 6.93. The Morgan fingerprint density at radius 1 is 1.14 bits per heavy atom. The molecule has 8 N–H and O–H groups in total. The van der Waals surface area contributed by atoms with Crippen molar-refractivity contribution in [3.05, 3.63) is 18.2 Å². The summed E-state index contributed by atoms with van der Waals surface area (Å²) < 4.78 is 0. The number of hydrogen-bond donors (Lipinski definition) is 7. The number of H-pyrrole nitrogens is 1. The lowest BCUT2D eigenvalue weighted by Gasteiger charge is -2.24. The minimum absolute atomic E-state index is 0.0308. The van der Waals surface area contributed by atoms with Crippen molar-refractivity contribution < 1.29 is 29.4 Å². The van der Waals surface area contributed by atoms with E-state index in [0.29, 0.717) is 5.69 Å². The number of carbonyl (C=O) groups is 4. The number of aliphatic hydroxyl groups is 1. The maximum Gasteiger partial charge on any atom is 0.322 e. The second kappa shape index (κ2) is 11.8. The van der Waals surface area contributed by atoms with Crippen LogP contribution in [0.5, 0.6) is 0 Å². The van der Waals surface area contributed by atoms with Gasteiger partial charge in [-0.05, 0) is 12.3 Å². The van der Waals surface area contributed by atoms with Gasteiger partial charge in [0.15, 0.2) is 0 Å². The number of carbonyl (C=O) groups excluding carboxylic acids is 3. The fourth-order valence-corrected chi connectivity index (χ4v) is 2.46. The van der Waals surface area contributed by atoms with Crippen molar-refractivity contribution in [1.82, 2.24) is 25.9 Å². The predicted octanol–water partition coefficient (Wildman–Crippen LogP) is -2.51. The molecule has 0 radical (unpaired) electrons. The molecule has 0 saturated heterocycles. The number of carboxylic acid groups (broad SMARTS) is 1. The number of hydrogen-bond acceptors (Lipinski definition) is 7. The Balaban J connectivity index is 2.73. The van der Waals surface area contributed by atoms with E-state index in [1.165, 1.54) is 12.5 Å². The van der Waals surface area contributed by atoms with Crippen LogP contribution in [0.1, 0.15) is 26.0 Å². The van der Waals surface area contributed by atoms with Gasteiger partial charge in [0.2, 0.25) is 17.7 Å². The van der Waals surface area contributed by atoms with E-state index in [2.05, 4.69) is 25.9 Å². The molecule has 0 saturated carbocycles. The van der Waals surface area contributed by atoms with E-state index in [0.717, 1.165) is 0 Å². The SMILES string of the molecule is CC(C)C[C@H](NC(=O)[C@@H](N)Cc1cnc[nH]1)C(=O)N[C@@H](CO)C(=O)NCC(=O)O. The van der Waals surface area contributed by atoms with E-state index in [-0.39, 0.29) is 18.8 Å². The molecule has 12 heteroatoms. The van der Waals surface area contributed by atoms with Gasteiger partial charge in [-0.2, -0.15) is 0 Å². The van der Waals surface area contributed by atoms with Crippen molar-refractivity contribution >= 4 is 23.7 Å². The van der Waals surface area contributed by atoms with Crippen molar-refractivity contribution in [2.24, 2.45) is 11.7 Å². The molecule has 0 spiro atoms. The highest BCUT2D eigenvalue weighted by molar-refractivity contribution is 5.93. The number of aliphatic carboxylic acids is 1. The van der Waals surface area contributed by atoms with E-state index >= 15 is 0 Å². The number of imidazole rings is 1. The summed E-state index contributed by atoms with van der Waals surface area (Å²) in [6.45, 7) is 2.30. The van der Waals surface area contributed by atoms with Crippen LogP contribution >= 0.6 is 0 Å². The zero-order valence-electron chi connectivity index (χ0n) is 16.3. The minimum Gasteiger partial charge on any atom is -0.480 e. The Bertz CT molecular complexity index is 693. The molecular formula is C17H28N6O6. The third-order valence-electron chi connectivity index (χ3n) is 3.90. The second-order valence-electron chi connectivity index (χ2n) is 6.93. The number of aromatic nitrogens is 2. The van der Waals surface area contributed by atoms with Gasteiger partial charge in [-0.1, -0.05) is 13.8 Å². The van der Waals surface area contributed by atoms with Crippen LogP contribution in [0.3, 0.4) is 0 Å². The molecule has 1 heterocycles. The highest BCUT2D eigenvalue weighted by Gasteiger charge is 2.28. The first kappa shape index (κ1) is 24.0. The third kappa shape index (κ3) is 8.70. The smallest absolute Gasteiger partial charge is 0.322 e. The lowest BCUT2D eigenvalue weighted by molar-refractivity contribution is -0.139. The van der Waals surface area contributed by atoms with Crippen molar-refractivity contribution in [1.29, 1.82) is 0 Å². The molecule has 3 amide bonds. The van der Waals surface area contributed by atoms with Gasteiger partial charge in [0.1, 0.15) is 18.6 Å². The summed E-state index contributed by atoms with van der Waals surface area (Å²) in [6.07, 6.45) is 3.45. The van der Waals surface area contributed by atoms with Gasteiger partial charge >= 0.3 is 5.97 Å². The Kier molecular flexibility index (Phi) is 9.75. The molecular weight excluding hydrogens is 384 g/mol. The number of nitrogens with zero attached hydrogens (tertiary/aromatic N) is 1. The van der Waals surface area contributed by atoms with E-state index in [9.17, 15) is 24.3 Å². The summed E-state index contributed by atoms with van der Waals surface area (Å²) in [5, 5.41) is 24.9. The highest BCUT2D eigenvalue weighted by atomic mass is 16.4. The molecule has 0 aliphatic rings. The van der Waals surface area contributed by atoms with Gasteiger partial charge in [0, 0.05) is 18.3 Å². The number of rotatable bonds is 12. The van der Waals surface area contributed by atoms with Crippen LogP contribution in [0.4, 0.5) is 0 Å². The molecule has 0 aromatic carbocycles. The molecule has 162 valence electrons. The standard InChI is InChI=1S/C17H28N6O6/c1-9(2)3-12(22-15(27)11(18)4-10-5-19-8-21-10)17(29)23-13(7-24)16(28)20-6-14(25)26/h5,8-9,11-13,24H,3-4,6-7,18H2,1-2H3,(H,19,21)(H,20,28)(H,22,27)(H,23,29)(H,25,26)/t11-,12-,13-/m0/s1. The monoisotopic (exact) mass is 412 g/mol. The number of aromatic amines is 1. The molecule has 1 aromatic rings. The van der Waals surface area contributed by atoms with E-state index < -0.39 is 55.0 Å². The summed E-state index contributed by atoms with van der Waals surface area (Å²) in [7, 11) is 0. The predicted molar refractivity (Wildman–Crippen MR) is 101 cm³/mol. The average molecular weight is 412 g/mol. The number of nitrogens with one attached hydrogen (secondary N) is 4. The first-order chi connectivity index (χ1) is 13.6. The van der Waals surface area contributed by atoms with Gasteiger partial charge in [-0.15, -0.1) is 0 Å². The minimum atomic E-state index is -1.35. The quantitative estimate of drug-likeness (QED) is 0.195.